The van der Waals surface area contributed by atoms with Gasteiger partial charge in [0.15, 0.2) is 6.20 Å². The van der Waals surface area contributed by atoms with Crippen LogP contribution in [0.1, 0.15) is 51.3 Å². The maximum absolute atomic E-state index is 10.1. The van der Waals surface area contributed by atoms with Gasteiger partial charge in [-0.2, -0.15) is 5.26 Å². The molecule has 0 N–H and O–H groups in total. The fourth-order valence-corrected chi connectivity index (χ4v) is 5.18. The lowest BCUT2D eigenvalue weighted by molar-refractivity contribution is -0.660. The molecule has 0 radical (unpaired) electrons. The second-order valence-electron chi connectivity index (χ2n) is 9.76. The Morgan fingerprint density at radius 2 is 1.71 bits per heavy atom. The number of fused-ring (bicyclic) bond motifs is 4. The van der Waals surface area contributed by atoms with Crippen molar-refractivity contribution in [3.8, 4) is 28.5 Å². The van der Waals surface area contributed by atoms with Gasteiger partial charge in [-0.3, -0.25) is 0 Å². The number of hydrogen-bond donors (Lipinski definition) is 0. The molecular formula is C32H29N2O+. The van der Waals surface area contributed by atoms with Crippen LogP contribution in [0, 0.1) is 30.5 Å². The fraction of sp³-hybridized carbons (Fsp3) is 0.250. The minimum absolute atomic E-state index is 0.230. The number of aromatic nitrogens is 1. The number of rotatable bonds is 2. The molecule has 0 unspecified atom stereocenters. The predicted octanol–water partition coefficient (Wildman–Crippen LogP) is 7.36. The molecule has 6 rings (SSSR count). The summed E-state index contributed by atoms with van der Waals surface area (Å²) in [7, 11) is 1.79. The lowest BCUT2D eigenvalue weighted by atomic mass is 9.90. The van der Waals surface area contributed by atoms with Crippen molar-refractivity contribution < 1.29 is 18.6 Å². The van der Waals surface area contributed by atoms with Gasteiger partial charge in [-0.15, -0.1) is 0 Å². The third kappa shape index (κ3) is 3.36. The van der Waals surface area contributed by atoms with Crippen molar-refractivity contribution in [3.05, 3.63) is 88.6 Å². The van der Waals surface area contributed by atoms with Crippen molar-refractivity contribution in [2.24, 2.45) is 12.5 Å². The largest absolute Gasteiger partial charge is 0.454 e. The van der Waals surface area contributed by atoms with E-state index in [1.165, 1.54) is 0 Å². The Balaban J connectivity index is 1.64. The second kappa shape index (κ2) is 7.55. The Bertz CT molecular complexity index is 2000. The van der Waals surface area contributed by atoms with Crippen LogP contribution in [0.25, 0.3) is 44.3 Å². The molecule has 3 heteroatoms. The van der Waals surface area contributed by atoms with E-state index in [1.807, 2.05) is 25.1 Å². The maximum atomic E-state index is 10.1. The summed E-state index contributed by atoms with van der Waals surface area (Å²) < 4.78 is 66.8. The summed E-state index contributed by atoms with van der Waals surface area (Å²) in [4.78, 5) is 0. The summed E-state index contributed by atoms with van der Waals surface area (Å²) in [6.07, 6.45) is -2.23. The summed E-state index contributed by atoms with van der Waals surface area (Å²) in [6, 6.07) is 18.2. The van der Waals surface area contributed by atoms with Gasteiger partial charge in [0.1, 0.15) is 18.2 Å². The topological polar surface area (TPSA) is 40.8 Å². The van der Waals surface area contributed by atoms with E-state index < -0.39 is 25.0 Å². The molecule has 3 nitrogen and oxygen atoms in total. The normalized spacial score (nSPS) is 20.6. The van der Waals surface area contributed by atoms with Gasteiger partial charge in [0, 0.05) is 37.6 Å². The lowest BCUT2D eigenvalue weighted by Gasteiger charge is -2.14. The molecule has 0 spiro atoms. The zero-order chi connectivity index (χ0) is 30.6. The van der Waals surface area contributed by atoms with Crippen molar-refractivity contribution in [2.75, 3.05) is 0 Å². The molecule has 35 heavy (non-hydrogen) atoms. The number of hydrogen-bond acceptors (Lipinski definition) is 2. The highest BCUT2D eigenvalue weighted by atomic mass is 16.3. The van der Waals surface area contributed by atoms with Crippen LogP contribution in [0.15, 0.2) is 65.2 Å². The van der Waals surface area contributed by atoms with Crippen molar-refractivity contribution in [1.29, 1.82) is 5.26 Å². The number of benzene rings is 3. The van der Waals surface area contributed by atoms with Crippen molar-refractivity contribution in [1.82, 2.24) is 0 Å². The molecule has 0 bridgehead atoms. The van der Waals surface area contributed by atoms with Crippen LogP contribution in [-0.4, -0.2) is 0 Å². The van der Waals surface area contributed by atoms with Gasteiger partial charge in [0.25, 0.3) is 0 Å². The van der Waals surface area contributed by atoms with E-state index >= 15 is 0 Å². The number of pyridine rings is 1. The zero-order valence-corrected chi connectivity index (χ0v) is 20.1. The molecule has 0 fully saturated rings. The monoisotopic (exact) mass is 464 g/mol. The quantitative estimate of drug-likeness (QED) is 0.256. The van der Waals surface area contributed by atoms with E-state index in [1.54, 1.807) is 68.1 Å². The Labute approximate surface area is 216 Å². The zero-order valence-electron chi connectivity index (χ0n) is 27.1. The van der Waals surface area contributed by atoms with E-state index in [2.05, 4.69) is 6.07 Å². The Kier molecular flexibility index (Phi) is 3.27. The molecule has 1 aliphatic carbocycles. The highest BCUT2D eigenvalue weighted by Gasteiger charge is 2.29. The number of aryl methyl sites for hydroxylation is 3. The van der Waals surface area contributed by atoms with Crippen LogP contribution in [0.3, 0.4) is 0 Å². The van der Waals surface area contributed by atoms with Crippen LogP contribution in [-0.2, 0) is 19.8 Å². The fourth-order valence-electron chi connectivity index (χ4n) is 5.18. The van der Waals surface area contributed by atoms with Crippen molar-refractivity contribution in [3.63, 3.8) is 0 Å². The minimum Gasteiger partial charge on any atom is -0.454 e. The van der Waals surface area contributed by atoms with Crippen molar-refractivity contribution >= 4 is 21.9 Å². The first-order valence-corrected chi connectivity index (χ1v) is 11.6. The van der Waals surface area contributed by atoms with E-state index in [-0.39, 0.29) is 11.1 Å². The summed E-state index contributed by atoms with van der Waals surface area (Å²) in [5.74, 6) is 0. The Hall–Kier alpha value is -3.90. The summed E-state index contributed by atoms with van der Waals surface area (Å²) in [6.45, 7) is 2.92. The molecular weight excluding hydrogens is 428 g/mol. The van der Waals surface area contributed by atoms with Crippen LogP contribution in [0.4, 0.5) is 0 Å². The molecule has 3 aromatic carbocycles. The molecule has 0 saturated carbocycles. The molecule has 0 amide bonds. The first-order chi connectivity index (χ1) is 19.5. The molecule has 0 aliphatic heterocycles. The average molecular weight is 465 g/mol. The minimum atomic E-state index is -2.24. The van der Waals surface area contributed by atoms with Crippen LogP contribution >= 0.6 is 0 Å². The van der Waals surface area contributed by atoms with Crippen LogP contribution in [0.2, 0.25) is 0 Å². The SMILES string of the molecule is [2H]C([2H])([2H])c1ccc(-c2c(C)ccc3c2oc2c(-c4ccc5c(c4)C([2H])([2H])C(C)(C)C5([2H])[2H])c(C#N)ccc23)[n+](C)c1. The first-order valence-electron chi connectivity index (χ1n) is 15.1. The molecule has 1 aliphatic rings. The molecule has 2 aromatic heterocycles. The van der Waals surface area contributed by atoms with E-state index in [4.69, 9.17) is 14.0 Å². The third-order valence-electron chi connectivity index (χ3n) is 6.73. The van der Waals surface area contributed by atoms with E-state index in [9.17, 15) is 5.26 Å². The number of furan rings is 1. The summed E-state index contributed by atoms with van der Waals surface area (Å²) >= 11 is 0. The maximum Gasteiger partial charge on any atom is 0.216 e. The molecule has 5 aromatic rings. The Morgan fingerprint density at radius 3 is 2.46 bits per heavy atom. The van der Waals surface area contributed by atoms with Gasteiger partial charge in [0.05, 0.1) is 17.2 Å². The predicted molar refractivity (Wildman–Crippen MR) is 141 cm³/mol. The number of nitrogens with zero attached hydrogens (tertiary/aromatic N) is 2. The molecule has 0 atom stereocenters. The van der Waals surface area contributed by atoms with Crippen LogP contribution in [0.5, 0.6) is 0 Å². The molecule has 0 saturated heterocycles. The van der Waals surface area contributed by atoms with Gasteiger partial charge in [-0.05, 0) is 72.4 Å². The van der Waals surface area contributed by atoms with Crippen molar-refractivity contribution in [2.45, 2.75) is 40.4 Å². The third-order valence-corrected chi connectivity index (χ3v) is 6.73. The lowest BCUT2D eigenvalue weighted by Crippen LogP contribution is -2.31. The highest BCUT2D eigenvalue weighted by Crippen LogP contribution is 2.43. The van der Waals surface area contributed by atoms with Gasteiger partial charge in [-0.1, -0.05) is 44.2 Å². The van der Waals surface area contributed by atoms with E-state index in [0.29, 0.717) is 33.4 Å². The van der Waals surface area contributed by atoms with Gasteiger partial charge >= 0.3 is 0 Å². The van der Waals surface area contributed by atoms with Crippen LogP contribution < -0.4 is 4.57 Å². The highest BCUT2D eigenvalue weighted by molar-refractivity contribution is 6.14. The van der Waals surface area contributed by atoms with Gasteiger partial charge < -0.3 is 4.42 Å². The summed E-state index contributed by atoms with van der Waals surface area (Å²) in [5, 5.41) is 11.7. The molecule has 172 valence electrons. The number of nitriles is 1. The van der Waals surface area contributed by atoms with Gasteiger partial charge in [0.2, 0.25) is 5.69 Å². The molecule has 2 heterocycles. The Morgan fingerprint density at radius 1 is 0.971 bits per heavy atom. The summed E-state index contributed by atoms with van der Waals surface area (Å²) in [5.41, 5.74) is 4.49. The second-order valence-corrected chi connectivity index (χ2v) is 9.76. The first kappa shape index (κ1) is 15.2. The standard InChI is InChI=1S/C32H29N2O/c1-19-6-13-27(34(5)18-19)28-20(2)7-11-25-26-12-10-23(17-33)29(31(26)35-30(25)28)21-8-9-22-15-32(3,4)16-24(22)14-21/h6-14,18H,15-16H2,1-5H3/q+1/i1D3,15D2,16D2. The smallest absolute Gasteiger partial charge is 0.216 e. The van der Waals surface area contributed by atoms with E-state index in [0.717, 1.165) is 27.6 Å². The average Bonchev–Trinajstić information content (AvgIpc) is 3.34. The van der Waals surface area contributed by atoms with Gasteiger partial charge in [-0.25, -0.2) is 4.57 Å².